The number of aromatic nitrogens is 6. The molecule has 154 valence electrons. The molecule has 0 radical (unpaired) electrons. The number of anilines is 3. The normalized spacial score (nSPS) is 11.2. The van der Waals surface area contributed by atoms with Crippen LogP contribution in [0.25, 0.3) is 44.8 Å². The second-order valence-corrected chi connectivity index (χ2v) is 7.45. The lowest BCUT2D eigenvalue weighted by atomic mass is 10.1. The Bertz CT molecular complexity index is 1550. The number of nitrogen functional groups attached to an aromatic ring is 1. The number of hydrogen-bond acceptors (Lipinski definition) is 6. The maximum Gasteiger partial charge on any atom is 0.227 e. The summed E-state index contributed by atoms with van der Waals surface area (Å²) in [5, 5.41) is 3.20. The summed E-state index contributed by atoms with van der Waals surface area (Å²) in [6.07, 6.45) is 3.40. The fourth-order valence-electron chi connectivity index (χ4n) is 3.67. The molecule has 6 rings (SSSR count). The number of hydrogen-bond donors (Lipinski definition) is 4. The molecule has 32 heavy (non-hydrogen) atoms. The lowest BCUT2D eigenvalue weighted by Gasteiger charge is -2.03. The minimum Gasteiger partial charge on any atom is -0.399 e. The monoisotopic (exact) mass is 418 g/mol. The van der Waals surface area contributed by atoms with E-state index in [1.165, 1.54) is 0 Å². The van der Waals surface area contributed by atoms with Crippen LogP contribution in [-0.2, 0) is 0 Å². The predicted molar refractivity (Wildman–Crippen MR) is 126 cm³/mol. The van der Waals surface area contributed by atoms with E-state index < -0.39 is 0 Å². The van der Waals surface area contributed by atoms with Crippen molar-refractivity contribution >= 4 is 39.4 Å². The summed E-state index contributed by atoms with van der Waals surface area (Å²) in [6, 6.07) is 21.5. The molecular weight excluding hydrogens is 400 g/mol. The molecule has 0 fully saturated rings. The minimum atomic E-state index is 0.551. The van der Waals surface area contributed by atoms with Crippen LogP contribution in [0.15, 0.2) is 79.1 Å². The van der Waals surface area contributed by atoms with Gasteiger partial charge in [0.05, 0.1) is 22.1 Å². The molecule has 0 spiro atoms. The van der Waals surface area contributed by atoms with Gasteiger partial charge in [0, 0.05) is 34.9 Å². The highest BCUT2D eigenvalue weighted by atomic mass is 15.1. The number of nitrogens with one attached hydrogen (secondary N) is 3. The summed E-state index contributed by atoms with van der Waals surface area (Å²) in [6.45, 7) is 0. The highest BCUT2D eigenvalue weighted by Gasteiger charge is 2.09. The molecule has 0 saturated carbocycles. The van der Waals surface area contributed by atoms with Crippen LogP contribution >= 0.6 is 0 Å². The molecule has 0 unspecified atom stereocenters. The Morgan fingerprint density at radius 1 is 0.688 bits per heavy atom. The molecule has 0 amide bonds. The van der Waals surface area contributed by atoms with Gasteiger partial charge in [-0.3, -0.25) is 0 Å². The van der Waals surface area contributed by atoms with Gasteiger partial charge < -0.3 is 21.0 Å². The Labute approximate surface area is 182 Å². The summed E-state index contributed by atoms with van der Waals surface area (Å²) in [5.74, 6) is 2.16. The third-order valence-corrected chi connectivity index (χ3v) is 5.24. The molecule has 0 atom stereocenters. The maximum absolute atomic E-state index is 5.87. The van der Waals surface area contributed by atoms with Crippen LogP contribution in [0.4, 0.5) is 17.3 Å². The first kappa shape index (κ1) is 18.1. The highest BCUT2D eigenvalue weighted by Crippen LogP contribution is 2.27. The van der Waals surface area contributed by atoms with Gasteiger partial charge in [-0.15, -0.1) is 0 Å². The van der Waals surface area contributed by atoms with Crippen molar-refractivity contribution in [2.45, 2.75) is 0 Å². The summed E-state index contributed by atoms with van der Waals surface area (Å²) in [7, 11) is 0. The zero-order valence-corrected chi connectivity index (χ0v) is 16.9. The van der Waals surface area contributed by atoms with E-state index in [9.17, 15) is 0 Å². The van der Waals surface area contributed by atoms with Crippen molar-refractivity contribution in [2.75, 3.05) is 11.1 Å². The first-order chi connectivity index (χ1) is 15.7. The number of aromatic amines is 2. The van der Waals surface area contributed by atoms with Crippen LogP contribution in [-0.4, -0.2) is 29.9 Å². The second-order valence-electron chi connectivity index (χ2n) is 7.45. The summed E-state index contributed by atoms with van der Waals surface area (Å²) >= 11 is 0. The maximum atomic E-state index is 5.87. The van der Waals surface area contributed by atoms with Crippen molar-refractivity contribution in [3.05, 3.63) is 79.1 Å². The van der Waals surface area contributed by atoms with Crippen LogP contribution in [0.3, 0.4) is 0 Å². The number of imidazole rings is 2. The van der Waals surface area contributed by atoms with Crippen molar-refractivity contribution in [2.24, 2.45) is 0 Å². The van der Waals surface area contributed by atoms with E-state index in [4.69, 9.17) is 10.7 Å². The third-order valence-electron chi connectivity index (χ3n) is 5.24. The average molecular weight is 418 g/mol. The van der Waals surface area contributed by atoms with Gasteiger partial charge >= 0.3 is 0 Å². The van der Waals surface area contributed by atoms with Crippen molar-refractivity contribution in [3.63, 3.8) is 0 Å². The van der Waals surface area contributed by atoms with E-state index in [1.54, 1.807) is 18.5 Å². The molecule has 5 N–H and O–H groups in total. The Kier molecular flexibility index (Phi) is 4.07. The number of rotatable bonds is 4. The smallest absolute Gasteiger partial charge is 0.227 e. The van der Waals surface area contributed by atoms with Gasteiger partial charge in [0.1, 0.15) is 11.6 Å². The van der Waals surface area contributed by atoms with Crippen molar-refractivity contribution in [1.29, 1.82) is 0 Å². The van der Waals surface area contributed by atoms with Crippen LogP contribution < -0.4 is 11.1 Å². The second kappa shape index (κ2) is 7.21. The zero-order chi connectivity index (χ0) is 21.5. The van der Waals surface area contributed by atoms with E-state index in [1.807, 2.05) is 60.7 Å². The fourth-order valence-corrected chi connectivity index (χ4v) is 3.67. The molecular formula is C24H18N8. The largest absolute Gasteiger partial charge is 0.399 e. The number of benzene rings is 3. The summed E-state index contributed by atoms with van der Waals surface area (Å²) in [5.41, 5.74) is 13.1. The van der Waals surface area contributed by atoms with Crippen LogP contribution in [0.1, 0.15) is 0 Å². The van der Waals surface area contributed by atoms with Crippen LogP contribution in [0, 0.1) is 0 Å². The van der Waals surface area contributed by atoms with Gasteiger partial charge in [-0.05, 0) is 42.5 Å². The van der Waals surface area contributed by atoms with Crippen molar-refractivity contribution < 1.29 is 0 Å². The lowest BCUT2D eigenvalue weighted by Crippen LogP contribution is -1.95. The molecule has 8 nitrogen and oxygen atoms in total. The Hall–Kier alpha value is -4.72. The molecule has 3 heterocycles. The van der Waals surface area contributed by atoms with Crippen LogP contribution in [0.5, 0.6) is 0 Å². The van der Waals surface area contributed by atoms with Gasteiger partial charge in [0.25, 0.3) is 0 Å². The average Bonchev–Trinajstić information content (AvgIpc) is 3.43. The fraction of sp³-hybridized carbons (Fsp3) is 0. The quantitative estimate of drug-likeness (QED) is 0.303. The minimum absolute atomic E-state index is 0.551. The van der Waals surface area contributed by atoms with E-state index in [-0.39, 0.29) is 0 Å². The van der Waals surface area contributed by atoms with Gasteiger partial charge in [-0.2, -0.15) is 0 Å². The standard InChI is InChI=1S/C24H18N8/c25-16-6-8-18-20(12-16)31-22(29-18)14-2-4-15(5-3-14)23-30-19-9-7-17(13-21(19)32-23)28-24-26-10-1-11-27-24/h1-13H,25H2,(H,29,31)(H,30,32)(H,26,27,28). The predicted octanol–water partition coefficient (Wildman–Crippen LogP) is 4.89. The summed E-state index contributed by atoms with van der Waals surface area (Å²) in [4.78, 5) is 24.5. The van der Waals surface area contributed by atoms with Gasteiger partial charge in [0.2, 0.25) is 5.95 Å². The third kappa shape index (κ3) is 3.29. The zero-order valence-electron chi connectivity index (χ0n) is 16.9. The highest BCUT2D eigenvalue weighted by molar-refractivity contribution is 5.84. The molecule has 6 aromatic rings. The van der Waals surface area contributed by atoms with E-state index >= 15 is 0 Å². The molecule has 0 aliphatic rings. The van der Waals surface area contributed by atoms with Crippen LogP contribution in [0.2, 0.25) is 0 Å². The molecule has 0 aliphatic heterocycles. The molecule has 3 aromatic carbocycles. The van der Waals surface area contributed by atoms with E-state index in [2.05, 4.69) is 30.2 Å². The molecule has 3 aromatic heterocycles. The first-order valence-corrected chi connectivity index (χ1v) is 10.1. The molecule has 8 heteroatoms. The first-order valence-electron chi connectivity index (χ1n) is 10.1. The molecule has 0 bridgehead atoms. The Morgan fingerprint density at radius 3 is 1.94 bits per heavy atom. The SMILES string of the molecule is Nc1ccc2nc(-c3ccc(-c4nc5ccc(Nc6ncccn6)cc5[nH]4)cc3)[nH]c2c1. The molecule has 0 aliphatic carbocycles. The Morgan fingerprint density at radius 2 is 1.28 bits per heavy atom. The number of nitrogens with zero attached hydrogens (tertiary/aromatic N) is 4. The topological polar surface area (TPSA) is 121 Å². The van der Waals surface area contributed by atoms with Gasteiger partial charge in [-0.1, -0.05) is 24.3 Å². The van der Waals surface area contributed by atoms with E-state index in [0.29, 0.717) is 11.6 Å². The van der Waals surface area contributed by atoms with Crippen molar-refractivity contribution in [1.82, 2.24) is 29.9 Å². The number of nitrogens with two attached hydrogens (primary N) is 1. The number of H-pyrrole nitrogens is 2. The van der Waals surface area contributed by atoms with Gasteiger partial charge in [0.15, 0.2) is 0 Å². The van der Waals surface area contributed by atoms with E-state index in [0.717, 1.165) is 50.5 Å². The lowest BCUT2D eigenvalue weighted by molar-refractivity contribution is 1.17. The molecule has 0 saturated heterocycles. The van der Waals surface area contributed by atoms with Crippen molar-refractivity contribution in [3.8, 4) is 22.8 Å². The summed E-state index contributed by atoms with van der Waals surface area (Å²) < 4.78 is 0. The van der Waals surface area contributed by atoms with Gasteiger partial charge in [-0.25, -0.2) is 19.9 Å². The number of fused-ring (bicyclic) bond motifs is 2. The Balaban J connectivity index is 1.28.